The molecule has 16 heavy (non-hydrogen) atoms. The summed E-state index contributed by atoms with van der Waals surface area (Å²) in [6, 6.07) is 3.95. The van der Waals surface area contributed by atoms with Gasteiger partial charge in [0.1, 0.15) is 18.3 Å². The summed E-state index contributed by atoms with van der Waals surface area (Å²) in [5, 5.41) is 13.8. The fourth-order valence-corrected chi connectivity index (χ4v) is 2.12. The Labute approximate surface area is 91.7 Å². The van der Waals surface area contributed by atoms with Crippen molar-refractivity contribution in [1.29, 1.82) is 0 Å². The number of rotatable bonds is 2. The Bertz CT molecular complexity index is 551. The molecule has 1 unspecified atom stereocenters. The van der Waals surface area contributed by atoms with Gasteiger partial charge < -0.3 is 9.84 Å². The van der Waals surface area contributed by atoms with E-state index in [1.54, 1.807) is 0 Å². The van der Waals surface area contributed by atoms with Crippen LogP contribution in [0.4, 0.5) is 0 Å². The van der Waals surface area contributed by atoms with Crippen molar-refractivity contribution in [3.8, 4) is 5.75 Å². The molecule has 1 heterocycles. The minimum Gasteiger partial charge on any atom is -0.492 e. The maximum Gasteiger partial charge on any atom is 0.314 e. The van der Waals surface area contributed by atoms with Gasteiger partial charge in [0.05, 0.1) is 4.90 Å². The van der Waals surface area contributed by atoms with E-state index >= 15 is 0 Å². The lowest BCUT2D eigenvalue weighted by atomic mass is 10.0. The molecule has 7 heteroatoms. The van der Waals surface area contributed by atoms with Gasteiger partial charge in [-0.05, 0) is 18.2 Å². The number of nitrogens with two attached hydrogens (primary N) is 1. The molecule has 0 radical (unpaired) electrons. The third-order valence-corrected chi connectivity index (χ3v) is 3.30. The average Bonchev–Trinajstić information content (AvgIpc) is 2.58. The van der Waals surface area contributed by atoms with Gasteiger partial charge in [-0.3, -0.25) is 4.79 Å². The molecule has 1 aromatic rings. The first kappa shape index (κ1) is 10.9. The smallest absolute Gasteiger partial charge is 0.314 e. The van der Waals surface area contributed by atoms with Crippen LogP contribution in [-0.2, 0) is 14.8 Å². The number of carboxylic acids is 1. The number of hydrogen-bond donors (Lipinski definition) is 2. The number of aliphatic carboxylic acids is 1. The van der Waals surface area contributed by atoms with Crippen molar-refractivity contribution < 1.29 is 23.1 Å². The lowest BCUT2D eigenvalue weighted by Gasteiger charge is -2.04. The molecular weight excluding hydrogens is 234 g/mol. The minimum absolute atomic E-state index is 0.0126. The van der Waals surface area contributed by atoms with Crippen LogP contribution in [0.1, 0.15) is 11.5 Å². The van der Waals surface area contributed by atoms with Crippen molar-refractivity contribution in [2.75, 3.05) is 6.61 Å². The van der Waals surface area contributed by atoms with E-state index in [4.69, 9.17) is 15.0 Å². The van der Waals surface area contributed by atoms with Gasteiger partial charge in [0, 0.05) is 5.56 Å². The molecule has 1 aromatic carbocycles. The Morgan fingerprint density at radius 2 is 2.19 bits per heavy atom. The molecule has 0 saturated heterocycles. The van der Waals surface area contributed by atoms with Crippen LogP contribution in [0.2, 0.25) is 0 Å². The normalized spacial score (nSPS) is 18.9. The zero-order chi connectivity index (χ0) is 11.9. The Morgan fingerprint density at radius 1 is 1.50 bits per heavy atom. The molecule has 0 fully saturated rings. The van der Waals surface area contributed by atoms with Crippen LogP contribution in [-0.4, -0.2) is 26.1 Å². The van der Waals surface area contributed by atoms with Crippen LogP contribution in [0.15, 0.2) is 23.1 Å². The van der Waals surface area contributed by atoms with E-state index in [2.05, 4.69) is 0 Å². The second-order valence-corrected chi connectivity index (χ2v) is 5.01. The SMILES string of the molecule is NS(=O)(=O)c1ccc2c(c1)C(C(=O)O)CO2. The summed E-state index contributed by atoms with van der Waals surface area (Å²) in [6.07, 6.45) is 0. The van der Waals surface area contributed by atoms with Gasteiger partial charge in [0.25, 0.3) is 0 Å². The number of fused-ring (bicyclic) bond motifs is 1. The van der Waals surface area contributed by atoms with Crippen molar-refractivity contribution in [1.82, 2.24) is 0 Å². The van der Waals surface area contributed by atoms with Crippen LogP contribution in [0.5, 0.6) is 5.75 Å². The maximum atomic E-state index is 11.1. The molecule has 0 spiro atoms. The first-order valence-electron chi connectivity index (χ1n) is 4.42. The Balaban J connectivity index is 2.54. The molecule has 0 aromatic heterocycles. The molecule has 3 N–H and O–H groups in total. The molecule has 0 aliphatic carbocycles. The maximum absolute atomic E-state index is 11.1. The fourth-order valence-electron chi connectivity index (χ4n) is 1.57. The lowest BCUT2D eigenvalue weighted by molar-refractivity contribution is -0.138. The summed E-state index contributed by atoms with van der Waals surface area (Å²) in [7, 11) is -3.82. The van der Waals surface area contributed by atoms with Crippen LogP contribution in [0, 0.1) is 0 Å². The number of benzene rings is 1. The summed E-state index contributed by atoms with van der Waals surface area (Å²) in [4.78, 5) is 10.8. The van der Waals surface area contributed by atoms with Crippen molar-refractivity contribution in [3.05, 3.63) is 23.8 Å². The first-order chi connectivity index (χ1) is 7.39. The Hall–Kier alpha value is -1.60. The highest BCUT2D eigenvalue weighted by molar-refractivity contribution is 7.89. The van der Waals surface area contributed by atoms with Crippen molar-refractivity contribution >= 4 is 16.0 Å². The van der Waals surface area contributed by atoms with Gasteiger partial charge in [-0.2, -0.15) is 0 Å². The van der Waals surface area contributed by atoms with Gasteiger partial charge >= 0.3 is 5.97 Å². The van der Waals surface area contributed by atoms with E-state index in [1.165, 1.54) is 18.2 Å². The van der Waals surface area contributed by atoms with Crippen molar-refractivity contribution in [2.24, 2.45) is 5.14 Å². The van der Waals surface area contributed by atoms with Crippen LogP contribution in [0.3, 0.4) is 0 Å². The summed E-state index contributed by atoms with van der Waals surface area (Å²) in [5.74, 6) is -1.50. The number of sulfonamides is 1. The highest BCUT2D eigenvalue weighted by Gasteiger charge is 2.31. The van der Waals surface area contributed by atoms with E-state index in [1.807, 2.05) is 0 Å². The molecule has 1 aliphatic heterocycles. The second-order valence-electron chi connectivity index (χ2n) is 3.45. The van der Waals surface area contributed by atoms with Crippen molar-refractivity contribution in [2.45, 2.75) is 10.8 Å². The average molecular weight is 243 g/mol. The number of ether oxygens (including phenoxy) is 1. The quantitative estimate of drug-likeness (QED) is 0.754. The third-order valence-electron chi connectivity index (χ3n) is 2.39. The molecule has 1 atom stereocenters. The number of carboxylic acid groups (broad SMARTS) is 1. The van der Waals surface area contributed by atoms with Crippen LogP contribution < -0.4 is 9.88 Å². The molecule has 2 rings (SSSR count). The molecule has 6 nitrogen and oxygen atoms in total. The molecule has 86 valence electrons. The van der Waals surface area contributed by atoms with E-state index in [9.17, 15) is 13.2 Å². The first-order valence-corrected chi connectivity index (χ1v) is 5.96. The molecule has 0 amide bonds. The van der Waals surface area contributed by atoms with E-state index in [0.29, 0.717) is 11.3 Å². The monoisotopic (exact) mass is 243 g/mol. The summed E-state index contributed by atoms with van der Waals surface area (Å²) in [6.45, 7) is 0.0126. The lowest BCUT2D eigenvalue weighted by Crippen LogP contribution is -2.14. The minimum atomic E-state index is -3.82. The topological polar surface area (TPSA) is 107 Å². The molecular formula is C9H9NO5S. The highest BCUT2D eigenvalue weighted by atomic mass is 32.2. The number of hydrogen-bond acceptors (Lipinski definition) is 4. The van der Waals surface area contributed by atoms with Gasteiger partial charge in [-0.25, -0.2) is 13.6 Å². The second kappa shape index (κ2) is 3.46. The largest absolute Gasteiger partial charge is 0.492 e. The van der Waals surface area contributed by atoms with Gasteiger partial charge in [-0.15, -0.1) is 0 Å². The summed E-state index contributed by atoms with van der Waals surface area (Å²) >= 11 is 0. The predicted octanol–water partition coefficient (Wildman–Crippen LogP) is -0.105. The predicted molar refractivity (Wildman–Crippen MR) is 53.7 cm³/mol. The van der Waals surface area contributed by atoms with Crippen LogP contribution >= 0.6 is 0 Å². The van der Waals surface area contributed by atoms with Gasteiger partial charge in [0.2, 0.25) is 10.0 Å². The summed E-state index contributed by atoms with van der Waals surface area (Å²) in [5.41, 5.74) is 0.346. The van der Waals surface area contributed by atoms with E-state index in [-0.39, 0.29) is 11.5 Å². The van der Waals surface area contributed by atoms with Gasteiger partial charge in [-0.1, -0.05) is 0 Å². The number of carbonyl (C=O) groups is 1. The third kappa shape index (κ3) is 1.74. The highest BCUT2D eigenvalue weighted by Crippen LogP contribution is 2.35. The Kier molecular flexibility index (Phi) is 2.36. The van der Waals surface area contributed by atoms with Crippen molar-refractivity contribution in [3.63, 3.8) is 0 Å². The summed E-state index contributed by atoms with van der Waals surface area (Å²) < 4.78 is 27.3. The standard InChI is InChI=1S/C9H9NO5S/c10-16(13,14)5-1-2-8-6(3-5)7(4-15-8)9(11)12/h1-3,7H,4H2,(H,11,12)(H2,10,13,14). The van der Waals surface area contributed by atoms with E-state index < -0.39 is 21.9 Å². The van der Waals surface area contributed by atoms with Gasteiger partial charge in [0.15, 0.2) is 0 Å². The zero-order valence-electron chi connectivity index (χ0n) is 8.08. The molecule has 0 bridgehead atoms. The molecule has 0 saturated carbocycles. The zero-order valence-corrected chi connectivity index (χ0v) is 8.90. The fraction of sp³-hybridized carbons (Fsp3) is 0.222. The number of primary sulfonamides is 1. The molecule has 1 aliphatic rings. The van der Waals surface area contributed by atoms with E-state index in [0.717, 1.165) is 0 Å². The Morgan fingerprint density at radius 3 is 2.75 bits per heavy atom. The van der Waals surface area contributed by atoms with Crippen LogP contribution in [0.25, 0.3) is 0 Å².